The first kappa shape index (κ1) is 28.6. The van der Waals surface area contributed by atoms with Gasteiger partial charge in [-0.2, -0.15) is 13.2 Å². The number of aromatic nitrogens is 3. The zero-order chi connectivity index (χ0) is 27.9. The number of nitrogens with zero attached hydrogens (tertiary/aromatic N) is 3. The number of hydrogen-bond donors (Lipinski definition) is 4. The maximum atomic E-state index is 13.7. The summed E-state index contributed by atoms with van der Waals surface area (Å²) in [5, 5.41) is 17.5. The number of amides is 1. The third-order valence-corrected chi connectivity index (χ3v) is 5.73. The van der Waals surface area contributed by atoms with Gasteiger partial charge in [-0.05, 0) is 57.9 Å². The fourth-order valence-corrected chi connectivity index (χ4v) is 4.10. The zero-order valence-corrected chi connectivity index (χ0v) is 21.7. The van der Waals surface area contributed by atoms with E-state index in [0.29, 0.717) is 31.6 Å². The van der Waals surface area contributed by atoms with Gasteiger partial charge in [-0.3, -0.25) is 0 Å². The molecule has 0 unspecified atom stereocenters. The van der Waals surface area contributed by atoms with Crippen molar-refractivity contribution < 1.29 is 32.6 Å². The van der Waals surface area contributed by atoms with Crippen LogP contribution in [0, 0.1) is 0 Å². The number of halogens is 3. The first-order chi connectivity index (χ1) is 17.8. The highest BCUT2D eigenvalue weighted by Crippen LogP contribution is 2.41. The molecule has 1 amide bonds. The van der Waals surface area contributed by atoms with Crippen LogP contribution in [0.2, 0.25) is 0 Å². The van der Waals surface area contributed by atoms with Gasteiger partial charge < -0.3 is 25.8 Å². The van der Waals surface area contributed by atoms with Crippen LogP contribution >= 0.6 is 11.3 Å². The highest BCUT2D eigenvalue weighted by atomic mass is 32.1. The predicted octanol–water partition coefficient (Wildman–Crippen LogP) is 5.78. The summed E-state index contributed by atoms with van der Waals surface area (Å²) in [5.74, 6) is -1.12. The maximum absolute atomic E-state index is 13.7. The Hall–Kier alpha value is -3.94. The van der Waals surface area contributed by atoms with Gasteiger partial charge in [0.1, 0.15) is 5.60 Å². The normalized spacial score (nSPS) is 11.6. The van der Waals surface area contributed by atoms with Crippen molar-refractivity contribution in [2.45, 2.75) is 45.4 Å². The van der Waals surface area contributed by atoms with Crippen molar-refractivity contribution in [3.05, 3.63) is 47.8 Å². The van der Waals surface area contributed by atoms with Crippen molar-refractivity contribution in [2.75, 3.05) is 23.7 Å². The number of alkyl carbamates (subject to hydrolysis) is 1. The molecule has 2 heterocycles. The lowest BCUT2D eigenvalue weighted by molar-refractivity contribution is -0.140. The van der Waals surface area contributed by atoms with Gasteiger partial charge in [0.05, 0.1) is 16.1 Å². The number of nitrogens with one attached hydrogen (secondary N) is 3. The maximum Gasteiger partial charge on any atom is 0.434 e. The number of benzene rings is 1. The Morgan fingerprint density at radius 2 is 1.82 bits per heavy atom. The van der Waals surface area contributed by atoms with E-state index in [4.69, 9.17) is 9.84 Å². The molecule has 0 aliphatic carbocycles. The van der Waals surface area contributed by atoms with Gasteiger partial charge in [0.15, 0.2) is 10.8 Å². The summed E-state index contributed by atoms with van der Waals surface area (Å²) >= 11 is 0.808. The fraction of sp³-hybridized carbons (Fsp3) is 0.375. The van der Waals surface area contributed by atoms with Crippen molar-refractivity contribution in [3.63, 3.8) is 0 Å². The van der Waals surface area contributed by atoms with Crippen molar-refractivity contribution in [1.29, 1.82) is 0 Å². The summed E-state index contributed by atoms with van der Waals surface area (Å²) in [6.07, 6.45) is -2.78. The topological polar surface area (TPSA) is 138 Å². The second-order valence-corrected chi connectivity index (χ2v) is 10.0. The van der Waals surface area contributed by atoms with E-state index in [1.54, 1.807) is 26.8 Å². The van der Waals surface area contributed by atoms with Crippen LogP contribution in [-0.4, -0.2) is 50.8 Å². The van der Waals surface area contributed by atoms with Crippen molar-refractivity contribution in [2.24, 2.45) is 0 Å². The summed E-state index contributed by atoms with van der Waals surface area (Å²) < 4.78 is 46.4. The number of carbonyl (C=O) groups excluding carboxylic acids is 1. The van der Waals surface area contributed by atoms with E-state index >= 15 is 0 Å². The number of anilines is 3. The van der Waals surface area contributed by atoms with E-state index in [1.165, 1.54) is 30.5 Å². The Bertz CT molecular complexity index is 1280. The summed E-state index contributed by atoms with van der Waals surface area (Å²) in [6, 6.07) is 7.21. The molecule has 3 aromatic rings. The number of rotatable bonds is 10. The molecule has 0 radical (unpaired) electrons. The molecule has 1 aromatic carbocycles. The predicted molar refractivity (Wildman–Crippen MR) is 137 cm³/mol. The third-order valence-electron chi connectivity index (χ3n) is 4.70. The Morgan fingerprint density at radius 3 is 2.50 bits per heavy atom. The highest BCUT2D eigenvalue weighted by Gasteiger charge is 2.38. The number of unbranched alkanes of at least 4 members (excludes halogenated alkanes) is 1. The van der Waals surface area contributed by atoms with Gasteiger partial charge in [0.2, 0.25) is 5.95 Å². The lowest BCUT2D eigenvalue weighted by Crippen LogP contribution is -2.33. The molecule has 0 aliphatic rings. The van der Waals surface area contributed by atoms with Crippen molar-refractivity contribution >= 4 is 40.2 Å². The average Bonchev–Trinajstić information content (AvgIpc) is 3.25. The van der Waals surface area contributed by atoms with E-state index in [-0.39, 0.29) is 27.2 Å². The SMILES string of the molecule is CC(C)(C)OC(=O)NCCCCNc1nc(C(F)(F)F)c(-c2ccnc(Nc3cccc(C(=O)O)c3)n2)s1. The Labute approximate surface area is 220 Å². The third kappa shape index (κ3) is 8.57. The molecule has 0 bridgehead atoms. The number of hydrogen-bond acceptors (Lipinski definition) is 9. The quantitative estimate of drug-likeness (QED) is 0.231. The number of carboxylic acid groups (broad SMARTS) is 1. The van der Waals surface area contributed by atoms with Gasteiger partial charge in [0, 0.05) is 25.0 Å². The molecular formula is C24H27F3N6O4S. The summed E-state index contributed by atoms with van der Waals surface area (Å²) in [6.45, 7) is 5.98. The molecule has 0 spiro atoms. The van der Waals surface area contributed by atoms with Crippen LogP contribution in [0.15, 0.2) is 36.5 Å². The monoisotopic (exact) mass is 552 g/mol. The number of ether oxygens (including phenoxy) is 1. The average molecular weight is 553 g/mol. The lowest BCUT2D eigenvalue weighted by Gasteiger charge is -2.19. The smallest absolute Gasteiger partial charge is 0.434 e. The molecule has 0 atom stereocenters. The minimum atomic E-state index is -4.71. The van der Waals surface area contributed by atoms with Crippen LogP contribution in [0.4, 0.5) is 34.7 Å². The Balaban J connectivity index is 1.65. The van der Waals surface area contributed by atoms with Crippen LogP contribution in [0.3, 0.4) is 0 Å². The lowest BCUT2D eigenvalue weighted by atomic mass is 10.2. The second kappa shape index (κ2) is 12.1. The van der Waals surface area contributed by atoms with E-state index in [2.05, 4.69) is 30.9 Å². The minimum absolute atomic E-state index is 0.00133. The molecular weight excluding hydrogens is 525 g/mol. The molecule has 204 valence electrons. The molecule has 3 rings (SSSR count). The van der Waals surface area contributed by atoms with Gasteiger partial charge >= 0.3 is 18.2 Å². The molecule has 38 heavy (non-hydrogen) atoms. The molecule has 0 saturated carbocycles. The van der Waals surface area contributed by atoms with Crippen molar-refractivity contribution in [3.8, 4) is 10.6 Å². The van der Waals surface area contributed by atoms with Crippen LogP contribution in [0.1, 0.15) is 49.7 Å². The van der Waals surface area contributed by atoms with Gasteiger partial charge in [0.25, 0.3) is 0 Å². The van der Waals surface area contributed by atoms with Crippen LogP contribution in [0.25, 0.3) is 10.6 Å². The molecule has 10 nitrogen and oxygen atoms in total. The minimum Gasteiger partial charge on any atom is -0.478 e. The first-order valence-electron chi connectivity index (χ1n) is 11.5. The molecule has 0 aliphatic heterocycles. The van der Waals surface area contributed by atoms with Gasteiger partial charge in [-0.15, -0.1) is 0 Å². The summed E-state index contributed by atoms with van der Waals surface area (Å²) in [4.78, 5) is 34.6. The number of carboxylic acids is 1. The Kier molecular flexibility index (Phi) is 9.09. The number of aromatic carboxylic acids is 1. The molecule has 2 aromatic heterocycles. The number of carbonyl (C=O) groups is 2. The van der Waals surface area contributed by atoms with E-state index in [9.17, 15) is 22.8 Å². The summed E-state index contributed by atoms with van der Waals surface area (Å²) in [7, 11) is 0. The van der Waals surface area contributed by atoms with Gasteiger partial charge in [-0.25, -0.2) is 24.5 Å². The second-order valence-electron chi connectivity index (χ2n) is 9.03. The molecule has 4 N–H and O–H groups in total. The number of alkyl halides is 3. The van der Waals surface area contributed by atoms with Crippen LogP contribution in [-0.2, 0) is 10.9 Å². The largest absolute Gasteiger partial charge is 0.478 e. The van der Waals surface area contributed by atoms with E-state index < -0.39 is 29.5 Å². The first-order valence-corrected chi connectivity index (χ1v) is 12.4. The van der Waals surface area contributed by atoms with E-state index in [1.807, 2.05) is 0 Å². The summed E-state index contributed by atoms with van der Waals surface area (Å²) in [5.41, 5.74) is -1.27. The Morgan fingerprint density at radius 1 is 1.08 bits per heavy atom. The standard InChI is InChI=1S/C24H27F3N6O4S/c1-23(2,3)37-22(36)30-11-5-4-10-29-21-33-18(24(25,26)27)17(38-21)16-9-12-28-20(32-16)31-15-8-6-7-14(13-15)19(34)35/h6-9,12-13H,4-5,10-11H2,1-3H3,(H,29,33)(H,30,36)(H,34,35)(H,28,31,32). The van der Waals surface area contributed by atoms with Crippen LogP contribution < -0.4 is 16.0 Å². The van der Waals surface area contributed by atoms with E-state index in [0.717, 1.165) is 11.3 Å². The molecule has 14 heteroatoms. The van der Waals surface area contributed by atoms with Crippen molar-refractivity contribution in [1.82, 2.24) is 20.3 Å². The highest BCUT2D eigenvalue weighted by molar-refractivity contribution is 7.19. The molecule has 0 saturated heterocycles. The number of thiazole rings is 1. The molecule has 0 fully saturated rings. The van der Waals surface area contributed by atoms with Gasteiger partial charge in [-0.1, -0.05) is 17.4 Å². The van der Waals surface area contributed by atoms with Crippen LogP contribution in [0.5, 0.6) is 0 Å². The fourth-order valence-electron chi connectivity index (χ4n) is 3.12. The zero-order valence-electron chi connectivity index (χ0n) is 20.8.